The van der Waals surface area contributed by atoms with Crippen LogP contribution >= 0.6 is 10.7 Å². The Bertz CT molecular complexity index is 381. The normalized spacial score (nSPS) is 10.1. The van der Waals surface area contributed by atoms with Crippen LogP contribution in [0.5, 0.6) is 5.75 Å². The van der Waals surface area contributed by atoms with Crippen LogP contribution < -0.4 is 4.74 Å². The lowest BCUT2D eigenvalue weighted by Crippen LogP contribution is -1.90. The molecule has 0 amide bonds. The predicted molar refractivity (Wildman–Crippen MR) is 59.7 cm³/mol. The minimum atomic E-state index is -4.19. The van der Waals surface area contributed by atoms with E-state index in [-0.39, 0.29) is 0 Å². The minimum Gasteiger partial charge on any atom is -0.494 e. The standard InChI is InChI=1S/C9H12O.ClHO3S/c1-3-10-9-6-4-5-8(2)7-9;1-5(2,3)4/h4-7H,3H2,1-2H3;(H,2,3,4). The van der Waals surface area contributed by atoms with Crippen molar-refractivity contribution in [2.45, 2.75) is 13.8 Å². The maximum absolute atomic E-state index is 8.95. The fourth-order valence-corrected chi connectivity index (χ4v) is 0.872. The summed E-state index contributed by atoms with van der Waals surface area (Å²) in [7, 11) is -0.137. The second-order valence-corrected chi connectivity index (χ2v) is 4.66. The highest BCUT2D eigenvalue weighted by atomic mass is 35.7. The molecule has 0 atom stereocenters. The highest BCUT2D eigenvalue weighted by molar-refractivity contribution is 8.09. The van der Waals surface area contributed by atoms with E-state index in [1.807, 2.05) is 25.1 Å². The zero-order chi connectivity index (χ0) is 11.9. The van der Waals surface area contributed by atoms with Crippen molar-refractivity contribution >= 4 is 20.0 Å². The Morgan fingerprint density at radius 3 is 2.40 bits per heavy atom. The van der Waals surface area contributed by atoms with Crippen molar-refractivity contribution in [3.8, 4) is 5.75 Å². The topological polar surface area (TPSA) is 63.6 Å². The molecule has 0 aromatic heterocycles. The highest BCUT2D eigenvalue weighted by Crippen LogP contribution is 2.11. The maximum Gasteiger partial charge on any atom is 0.353 e. The van der Waals surface area contributed by atoms with Crippen molar-refractivity contribution in [3.05, 3.63) is 29.8 Å². The SMILES string of the molecule is CCOc1cccc(C)c1.O=S(=O)(O)Cl. The van der Waals surface area contributed by atoms with Crippen LogP contribution in [-0.4, -0.2) is 19.6 Å². The molecule has 86 valence electrons. The first kappa shape index (κ1) is 14.2. The van der Waals surface area contributed by atoms with Gasteiger partial charge in [-0.25, -0.2) is 0 Å². The first-order valence-electron chi connectivity index (χ1n) is 4.19. The van der Waals surface area contributed by atoms with Gasteiger partial charge in [-0.1, -0.05) is 12.1 Å². The van der Waals surface area contributed by atoms with E-state index in [9.17, 15) is 0 Å². The lowest BCUT2D eigenvalue weighted by atomic mass is 10.2. The molecule has 0 unspecified atom stereocenters. The first-order valence-corrected chi connectivity index (χ1v) is 6.46. The lowest BCUT2D eigenvalue weighted by Gasteiger charge is -2.01. The number of hydrogen-bond donors (Lipinski definition) is 1. The van der Waals surface area contributed by atoms with E-state index in [1.165, 1.54) is 5.56 Å². The average Bonchev–Trinajstić information content (AvgIpc) is 2.01. The van der Waals surface area contributed by atoms with Crippen LogP contribution in [-0.2, 0) is 9.33 Å². The molecule has 0 saturated heterocycles. The molecule has 4 nitrogen and oxygen atoms in total. The molecule has 0 aliphatic heterocycles. The van der Waals surface area contributed by atoms with Crippen molar-refractivity contribution in [1.82, 2.24) is 0 Å². The molecule has 0 fully saturated rings. The van der Waals surface area contributed by atoms with Crippen LogP contribution in [0.4, 0.5) is 0 Å². The van der Waals surface area contributed by atoms with Crippen molar-refractivity contribution < 1.29 is 17.7 Å². The van der Waals surface area contributed by atoms with Gasteiger partial charge in [-0.05, 0) is 31.5 Å². The number of aryl methyl sites for hydroxylation is 1. The molecule has 0 heterocycles. The van der Waals surface area contributed by atoms with E-state index in [1.54, 1.807) is 0 Å². The number of halogens is 1. The van der Waals surface area contributed by atoms with Crippen LogP contribution in [0.1, 0.15) is 12.5 Å². The third kappa shape index (κ3) is 11.1. The predicted octanol–water partition coefficient (Wildman–Crippen LogP) is 2.42. The molecular formula is C9H13ClO4S. The Labute approximate surface area is 94.1 Å². The fraction of sp³-hybridized carbons (Fsp3) is 0.333. The summed E-state index contributed by atoms with van der Waals surface area (Å²) in [6.07, 6.45) is 0. The quantitative estimate of drug-likeness (QED) is 0.649. The monoisotopic (exact) mass is 252 g/mol. The molecule has 0 saturated carbocycles. The van der Waals surface area contributed by atoms with E-state index >= 15 is 0 Å². The van der Waals surface area contributed by atoms with Gasteiger partial charge in [-0.2, -0.15) is 8.42 Å². The van der Waals surface area contributed by atoms with Gasteiger partial charge in [0.1, 0.15) is 5.75 Å². The van der Waals surface area contributed by atoms with Crippen LogP contribution in [0.2, 0.25) is 0 Å². The third-order valence-corrected chi connectivity index (χ3v) is 1.30. The van der Waals surface area contributed by atoms with Gasteiger partial charge in [-0.3, -0.25) is 4.55 Å². The molecule has 1 aromatic carbocycles. The van der Waals surface area contributed by atoms with E-state index in [4.69, 9.17) is 17.7 Å². The van der Waals surface area contributed by atoms with Crippen LogP contribution in [0.25, 0.3) is 0 Å². The smallest absolute Gasteiger partial charge is 0.353 e. The second-order valence-electron chi connectivity index (χ2n) is 2.66. The van der Waals surface area contributed by atoms with Gasteiger partial charge in [0.2, 0.25) is 0 Å². The van der Waals surface area contributed by atoms with Gasteiger partial charge < -0.3 is 4.74 Å². The molecule has 15 heavy (non-hydrogen) atoms. The number of rotatable bonds is 2. The zero-order valence-electron chi connectivity index (χ0n) is 8.47. The summed E-state index contributed by atoms with van der Waals surface area (Å²) in [6.45, 7) is 4.79. The second kappa shape index (κ2) is 6.66. The lowest BCUT2D eigenvalue weighted by molar-refractivity contribution is 0.340. The summed E-state index contributed by atoms with van der Waals surface area (Å²) < 4.78 is 30.5. The number of benzene rings is 1. The van der Waals surface area contributed by atoms with Crippen LogP contribution in [0.15, 0.2) is 24.3 Å². The minimum absolute atomic E-state index is 0.740. The van der Waals surface area contributed by atoms with Gasteiger partial charge in [0.15, 0.2) is 0 Å². The largest absolute Gasteiger partial charge is 0.494 e. The molecule has 6 heteroatoms. The summed E-state index contributed by atoms with van der Waals surface area (Å²) in [5.41, 5.74) is 1.24. The van der Waals surface area contributed by atoms with E-state index in [0.29, 0.717) is 0 Å². The Morgan fingerprint density at radius 2 is 2.00 bits per heavy atom. The Kier molecular flexibility index (Phi) is 6.31. The Balaban J connectivity index is 0.000000336. The van der Waals surface area contributed by atoms with Crippen LogP contribution in [0, 0.1) is 6.92 Å². The number of ether oxygens (including phenoxy) is 1. The zero-order valence-corrected chi connectivity index (χ0v) is 10.0. The van der Waals surface area contributed by atoms with E-state index < -0.39 is 9.33 Å². The van der Waals surface area contributed by atoms with Gasteiger partial charge in [0.05, 0.1) is 6.61 Å². The molecule has 0 bridgehead atoms. The summed E-state index contributed by atoms with van der Waals surface area (Å²) in [5.74, 6) is 0.961. The highest BCUT2D eigenvalue weighted by Gasteiger charge is 1.89. The van der Waals surface area contributed by atoms with Gasteiger partial charge in [0.25, 0.3) is 0 Å². The average molecular weight is 253 g/mol. The van der Waals surface area contributed by atoms with Gasteiger partial charge in [0, 0.05) is 10.7 Å². The van der Waals surface area contributed by atoms with Gasteiger partial charge >= 0.3 is 9.33 Å². The molecule has 0 aliphatic rings. The fourth-order valence-electron chi connectivity index (χ4n) is 0.872. The molecule has 0 spiro atoms. The Morgan fingerprint density at radius 1 is 1.47 bits per heavy atom. The summed E-state index contributed by atoms with van der Waals surface area (Å²) in [5, 5.41) is 0. The maximum atomic E-state index is 8.95. The van der Waals surface area contributed by atoms with E-state index in [0.717, 1.165) is 12.4 Å². The number of hydrogen-bond acceptors (Lipinski definition) is 3. The van der Waals surface area contributed by atoms with Crippen molar-refractivity contribution in [2.75, 3.05) is 6.61 Å². The summed E-state index contributed by atoms with van der Waals surface area (Å²) in [4.78, 5) is 0. The molecule has 0 radical (unpaired) electrons. The molecule has 1 rings (SSSR count). The van der Waals surface area contributed by atoms with Gasteiger partial charge in [-0.15, -0.1) is 0 Å². The third-order valence-electron chi connectivity index (χ3n) is 1.30. The van der Waals surface area contributed by atoms with Crippen molar-refractivity contribution in [2.24, 2.45) is 0 Å². The molecule has 1 aromatic rings. The summed E-state index contributed by atoms with van der Waals surface area (Å²) in [6, 6.07) is 8.06. The first-order chi connectivity index (χ1) is 6.83. The van der Waals surface area contributed by atoms with Crippen LogP contribution in [0.3, 0.4) is 0 Å². The molecule has 1 N–H and O–H groups in total. The molecule has 0 aliphatic carbocycles. The Hall–Kier alpha value is -0.780. The van der Waals surface area contributed by atoms with Crippen molar-refractivity contribution in [3.63, 3.8) is 0 Å². The summed E-state index contributed by atoms with van der Waals surface area (Å²) >= 11 is 0. The van der Waals surface area contributed by atoms with E-state index in [2.05, 4.69) is 23.7 Å². The van der Waals surface area contributed by atoms with Crippen molar-refractivity contribution in [1.29, 1.82) is 0 Å². The molecular weight excluding hydrogens is 240 g/mol.